The van der Waals surface area contributed by atoms with Crippen molar-refractivity contribution in [1.82, 2.24) is 14.8 Å². The van der Waals surface area contributed by atoms with Crippen LogP contribution in [0.1, 0.15) is 54.4 Å². The lowest BCUT2D eigenvalue weighted by molar-refractivity contribution is -0.113. The molecule has 37 heavy (non-hydrogen) atoms. The van der Waals surface area contributed by atoms with Crippen molar-refractivity contribution >= 4 is 40.0 Å². The van der Waals surface area contributed by atoms with Crippen LogP contribution in [0.25, 0.3) is 11.4 Å². The molecule has 196 valence electrons. The highest BCUT2D eigenvalue weighted by Gasteiger charge is 2.28. The van der Waals surface area contributed by atoms with Gasteiger partial charge in [-0.05, 0) is 64.2 Å². The summed E-state index contributed by atoms with van der Waals surface area (Å²) in [5.74, 6) is 0.896. The van der Waals surface area contributed by atoms with E-state index in [1.807, 2.05) is 49.6 Å². The van der Waals surface area contributed by atoms with E-state index in [0.29, 0.717) is 34.7 Å². The lowest BCUT2D eigenvalue weighted by Gasteiger charge is -2.14. The molecule has 0 spiro atoms. The Balaban J connectivity index is 1.52. The van der Waals surface area contributed by atoms with Crippen LogP contribution < -0.4 is 10.1 Å². The molecule has 10 heteroatoms. The number of carbonyl (C=O) groups is 2. The average molecular weight is 541 g/mol. The number of para-hydroxylation sites is 1. The number of fused-ring (bicyclic) bond motifs is 1. The molecule has 0 saturated carbocycles. The van der Waals surface area contributed by atoms with Crippen LogP contribution >= 0.6 is 23.1 Å². The number of amides is 1. The Morgan fingerprint density at radius 3 is 2.78 bits per heavy atom. The Bertz CT molecular complexity index is 1280. The maximum Gasteiger partial charge on any atom is 0.341 e. The Hall–Kier alpha value is -3.11. The van der Waals surface area contributed by atoms with Crippen LogP contribution in [0.5, 0.6) is 5.75 Å². The fourth-order valence-corrected chi connectivity index (χ4v) is 6.30. The van der Waals surface area contributed by atoms with Crippen molar-refractivity contribution in [2.24, 2.45) is 0 Å². The van der Waals surface area contributed by atoms with Gasteiger partial charge >= 0.3 is 5.97 Å². The fourth-order valence-electron chi connectivity index (χ4n) is 4.26. The number of hydrogen-bond acceptors (Lipinski definition) is 8. The van der Waals surface area contributed by atoms with Crippen LogP contribution in [0.4, 0.5) is 5.00 Å². The molecular weight excluding hydrogens is 508 g/mol. The highest BCUT2D eigenvalue weighted by Crippen LogP contribution is 2.39. The van der Waals surface area contributed by atoms with E-state index in [1.165, 1.54) is 23.1 Å². The molecule has 0 atom stereocenters. The quantitative estimate of drug-likeness (QED) is 0.187. The van der Waals surface area contributed by atoms with Gasteiger partial charge in [-0.25, -0.2) is 4.79 Å². The number of ether oxygens (including phenoxy) is 2. The van der Waals surface area contributed by atoms with E-state index in [9.17, 15) is 9.59 Å². The minimum atomic E-state index is -0.374. The maximum absolute atomic E-state index is 13.0. The van der Waals surface area contributed by atoms with Crippen molar-refractivity contribution in [3.63, 3.8) is 0 Å². The summed E-state index contributed by atoms with van der Waals surface area (Å²) in [5, 5.41) is 12.9. The van der Waals surface area contributed by atoms with E-state index in [1.54, 1.807) is 6.08 Å². The second-order valence-corrected chi connectivity index (χ2v) is 10.9. The number of anilines is 1. The molecule has 0 saturated heterocycles. The third kappa shape index (κ3) is 6.24. The van der Waals surface area contributed by atoms with Crippen LogP contribution in [0.15, 0.2) is 42.1 Å². The first-order valence-corrected chi connectivity index (χ1v) is 14.3. The zero-order valence-electron chi connectivity index (χ0n) is 21.4. The smallest absolute Gasteiger partial charge is 0.341 e. The normalized spacial score (nSPS) is 12.8. The Morgan fingerprint density at radius 2 is 2.03 bits per heavy atom. The summed E-state index contributed by atoms with van der Waals surface area (Å²) in [5.41, 5.74) is 2.36. The van der Waals surface area contributed by atoms with Gasteiger partial charge in [0.2, 0.25) is 5.91 Å². The lowest BCUT2D eigenvalue weighted by Crippen LogP contribution is -2.19. The van der Waals surface area contributed by atoms with Gasteiger partial charge in [-0.2, -0.15) is 0 Å². The van der Waals surface area contributed by atoms with Gasteiger partial charge in [-0.3, -0.25) is 9.36 Å². The molecule has 4 rings (SSSR count). The topological polar surface area (TPSA) is 95.3 Å². The average Bonchev–Trinajstić information content (AvgIpc) is 3.44. The SMILES string of the molecule is C=CCn1c(SCC(=O)Nc2sc3c(c2C(=O)OC(C)C)CCCC3)nnc1-c1ccccc1OCC. The largest absolute Gasteiger partial charge is 0.493 e. The van der Waals surface area contributed by atoms with Crippen molar-refractivity contribution < 1.29 is 19.1 Å². The molecule has 2 aromatic heterocycles. The molecule has 2 heterocycles. The van der Waals surface area contributed by atoms with Crippen LogP contribution in [0.2, 0.25) is 0 Å². The number of thioether (sulfide) groups is 1. The van der Waals surface area contributed by atoms with Crippen LogP contribution in [-0.4, -0.2) is 45.1 Å². The van der Waals surface area contributed by atoms with Gasteiger partial charge in [0.05, 0.1) is 29.6 Å². The van der Waals surface area contributed by atoms with Crippen molar-refractivity contribution in [2.45, 2.75) is 64.3 Å². The summed E-state index contributed by atoms with van der Waals surface area (Å²) in [4.78, 5) is 27.1. The number of aromatic nitrogens is 3. The first kappa shape index (κ1) is 26.9. The van der Waals surface area contributed by atoms with Crippen LogP contribution in [0, 0.1) is 0 Å². The summed E-state index contributed by atoms with van der Waals surface area (Å²) in [6.45, 7) is 10.5. The first-order valence-electron chi connectivity index (χ1n) is 12.5. The molecule has 1 amide bonds. The number of allylic oxidation sites excluding steroid dienone is 1. The third-order valence-electron chi connectivity index (χ3n) is 5.76. The molecule has 0 fully saturated rings. The highest BCUT2D eigenvalue weighted by atomic mass is 32.2. The molecular formula is C27H32N4O4S2. The van der Waals surface area contributed by atoms with Crippen LogP contribution in [0.3, 0.4) is 0 Å². The minimum Gasteiger partial charge on any atom is -0.493 e. The fraction of sp³-hybridized carbons (Fsp3) is 0.407. The van der Waals surface area contributed by atoms with Crippen LogP contribution in [-0.2, 0) is 28.9 Å². The van der Waals surface area contributed by atoms with Gasteiger partial charge in [-0.1, -0.05) is 30.0 Å². The Morgan fingerprint density at radius 1 is 1.24 bits per heavy atom. The van der Waals surface area contributed by atoms with Crippen molar-refractivity contribution in [1.29, 1.82) is 0 Å². The van der Waals surface area contributed by atoms with Crippen molar-refractivity contribution in [3.05, 3.63) is 52.9 Å². The second-order valence-electron chi connectivity index (χ2n) is 8.84. The molecule has 8 nitrogen and oxygen atoms in total. The van der Waals surface area contributed by atoms with E-state index in [2.05, 4.69) is 22.1 Å². The van der Waals surface area contributed by atoms with E-state index in [0.717, 1.165) is 47.4 Å². The molecule has 1 aromatic carbocycles. The summed E-state index contributed by atoms with van der Waals surface area (Å²) in [6.07, 6.45) is 5.40. The van der Waals surface area contributed by atoms with E-state index in [-0.39, 0.29) is 23.7 Å². The van der Waals surface area contributed by atoms with Crippen molar-refractivity contribution in [2.75, 3.05) is 17.7 Å². The number of hydrogen-bond donors (Lipinski definition) is 1. The number of benzene rings is 1. The number of carbonyl (C=O) groups excluding carboxylic acids is 2. The summed E-state index contributed by atoms with van der Waals surface area (Å²) >= 11 is 2.77. The van der Waals surface area contributed by atoms with Gasteiger partial charge in [-0.15, -0.1) is 28.1 Å². The number of esters is 1. The standard InChI is InChI=1S/C27H32N4O4S2/c1-5-15-31-24(18-11-7-9-13-20(18)34-6-2)29-30-27(31)36-16-22(32)28-25-23(26(33)35-17(3)4)19-12-8-10-14-21(19)37-25/h5,7,9,11,13,17H,1,6,8,10,12,14-16H2,2-4H3,(H,28,32). The predicted molar refractivity (Wildman–Crippen MR) is 148 cm³/mol. The van der Waals surface area contributed by atoms with E-state index < -0.39 is 0 Å². The molecule has 0 bridgehead atoms. The third-order valence-corrected chi connectivity index (χ3v) is 7.93. The number of thiophene rings is 1. The number of nitrogens with one attached hydrogen (secondary N) is 1. The van der Waals surface area contributed by atoms with E-state index in [4.69, 9.17) is 9.47 Å². The van der Waals surface area contributed by atoms with E-state index >= 15 is 0 Å². The molecule has 1 aliphatic rings. The molecule has 3 aromatic rings. The van der Waals surface area contributed by atoms with Gasteiger partial charge in [0.15, 0.2) is 11.0 Å². The van der Waals surface area contributed by atoms with Gasteiger partial charge < -0.3 is 14.8 Å². The predicted octanol–water partition coefficient (Wildman–Crippen LogP) is 5.77. The number of nitrogens with zero attached hydrogens (tertiary/aromatic N) is 3. The van der Waals surface area contributed by atoms with Gasteiger partial charge in [0.25, 0.3) is 0 Å². The van der Waals surface area contributed by atoms with Crippen molar-refractivity contribution in [3.8, 4) is 17.1 Å². The maximum atomic E-state index is 13.0. The zero-order valence-corrected chi connectivity index (χ0v) is 23.0. The molecule has 0 unspecified atom stereocenters. The zero-order chi connectivity index (χ0) is 26.4. The summed E-state index contributed by atoms with van der Waals surface area (Å²) < 4.78 is 13.2. The second kappa shape index (κ2) is 12.4. The number of aryl methyl sites for hydroxylation is 1. The Labute approximate surface area is 225 Å². The minimum absolute atomic E-state index is 0.115. The monoisotopic (exact) mass is 540 g/mol. The van der Waals surface area contributed by atoms with Gasteiger partial charge in [0, 0.05) is 11.4 Å². The molecule has 1 aliphatic carbocycles. The molecule has 1 N–H and O–H groups in total. The van der Waals surface area contributed by atoms with Gasteiger partial charge in [0.1, 0.15) is 10.8 Å². The summed E-state index contributed by atoms with van der Waals surface area (Å²) in [6, 6.07) is 7.67. The highest BCUT2D eigenvalue weighted by molar-refractivity contribution is 7.99. The first-order chi connectivity index (χ1) is 17.9. The Kier molecular flexibility index (Phi) is 9.04. The lowest BCUT2D eigenvalue weighted by atomic mass is 9.95. The molecule has 0 radical (unpaired) electrons. The summed E-state index contributed by atoms with van der Waals surface area (Å²) in [7, 11) is 0. The number of rotatable bonds is 11. The molecule has 0 aliphatic heterocycles.